The van der Waals surface area contributed by atoms with Crippen molar-refractivity contribution in [2.24, 2.45) is 5.73 Å². The van der Waals surface area contributed by atoms with Crippen LogP contribution in [0.5, 0.6) is 5.75 Å². The van der Waals surface area contributed by atoms with Crippen molar-refractivity contribution in [1.29, 1.82) is 5.41 Å². The number of benzene rings is 2. The number of carbonyl (C=O) groups excluding carboxylic acids is 2. The predicted octanol–water partition coefficient (Wildman–Crippen LogP) is 2.86. The van der Waals surface area contributed by atoms with Crippen LogP contribution in [0.15, 0.2) is 53.3 Å². The van der Waals surface area contributed by atoms with E-state index in [4.69, 9.17) is 20.6 Å². The fourth-order valence-electron chi connectivity index (χ4n) is 4.34. The molecule has 1 aromatic heterocycles. The van der Waals surface area contributed by atoms with Crippen LogP contribution in [0.25, 0.3) is 10.8 Å². The Morgan fingerprint density at radius 2 is 1.81 bits per heavy atom. The highest BCUT2D eigenvalue weighted by Crippen LogP contribution is 2.40. The molecule has 0 aliphatic carbocycles. The molecule has 188 valence electrons. The molecule has 0 saturated carbocycles. The molecule has 0 bridgehead atoms. The molecule has 0 fully saturated rings. The second-order valence-electron chi connectivity index (χ2n) is 9.68. The highest BCUT2D eigenvalue weighted by molar-refractivity contribution is 5.97. The Balaban J connectivity index is 1.61. The molecular weight excluding hydrogens is 462 g/mol. The van der Waals surface area contributed by atoms with E-state index in [2.05, 4.69) is 10.4 Å². The molecule has 4 N–H and O–H groups in total. The van der Waals surface area contributed by atoms with E-state index in [1.54, 1.807) is 51.1 Å². The largest absolute Gasteiger partial charge is 0.482 e. The topological polar surface area (TPSA) is 149 Å². The Bertz CT molecular complexity index is 1390. The number of carbonyl (C=O) groups is 2. The van der Waals surface area contributed by atoms with Gasteiger partial charge in [-0.25, -0.2) is 9.48 Å². The molecule has 1 aliphatic heterocycles. The molecule has 0 saturated heterocycles. The highest BCUT2D eigenvalue weighted by atomic mass is 16.6. The molecule has 0 radical (unpaired) electrons. The number of nitrogens with two attached hydrogens (primary N) is 1. The summed E-state index contributed by atoms with van der Waals surface area (Å²) >= 11 is 0. The van der Waals surface area contributed by atoms with E-state index < -0.39 is 23.7 Å². The van der Waals surface area contributed by atoms with Crippen LogP contribution in [0.4, 0.5) is 4.79 Å². The Kier molecular flexibility index (Phi) is 6.78. The predicted molar refractivity (Wildman–Crippen MR) is 134 cm³/mol. The zero-order chi connectivity index (χ0) is 26.0. The van der Waals surface area contributed by atoms with Gasteiger partial charge < -0.3 is 15.2 Å². The third-order valence-corrected chi connectivity index (χ3v) is 5.80. The smallest absolute Gasteiger partial charge is 0.413 e. The average Bonchev–Trinajstić information content (AvgIpc) is 3.17. The second-order valence-corrected chi connectivity index (χ2v) is 9.68. The maximum atomic E-state index is 13.1. The number of hydrogen-bond acceptors (Lipinski definition) is 7. The van der Waals surface area contributed by atoms with E-state index in [1.165, 1.54) is 4.68 Å². The minimum atomic E-state index is -0.781. The number of aromatic nitrogens is 2. The van der Waals surface area contributed by atoms with Crippen LogP contribution in [-0.2, 0) is 22.5 Å². The number of amides is 2. The van der Waals surface area contributed by atoms with Gasteiger partial charge in [0.25, 0.3) is 5.56 Å². The number of ether oxygens (including phenoxy) is 2. The van der Waals surface area contributed by atoms with E-state index in [9.17, 15) is 14.4 Å². The lowest BCUT2D eigenvalue weighted by Crippen LogP contribution is -2.44. The number of aryl methyl sites for hydroxylation is 1. The first-order valence-electron chi connectivity index (χ1n) is 11.6. The van der Waals surface area contributed by atoms with E-state index >= 15 is 0 Å². The molecule has 10 heteroatoms. The van der Waals surface area contributed by atoms with Gasteiger partial charge in [0.15, 0.2) is 6.10 Å². The van der Waals surface area contributed by atoms with E-state index in [-0.39, 0.29) is 30.3 Å². The number of alkyl carbamates (subject to hydrolysis) is 1. The van der Waals surface area contributed by atoms with E-state index in [0.29, 0.717) is 28.6 Å². The molecule has 4 rings (SSSR count). The summed E-state index contributed by atoms with van der Waals surface area (Å²) in [7, 11) is 0. The lowest BCUT2D eigenvalue weighted by atomic mass is 9.91. The summed E-state index contributed by atoms with van der Waals surface area (Å²) in [5.41, 5.74) is 5.70. The molecule has 36 heavy (non-hydrogen) atoms. The number of nitrogens with zero attached hydrogens (tertiary/aromatic N) is 2. The maximum Gasteiger partial charge on any atom is 0.413 e. The van der Waals surface area contributed by atoms with Gasteiger partial charge in [-0.2, -0.15) is 5.10 Å². The SMILES string of the molecule is CC(C)(C)OC(=O)NC(=N)C1Oc2ccccc2C1CCn1nc(CC(N)=O)c2ccccc2c1=O. The normalized spacial score (nSPS) is 16.8. The summed E-state index contributed by atoms with van der Waals surface area (Å²) in [5.74, 6) is -0.406. The van der Waals surface area contributed by atoms with Crippen molar-refractivity contribution >= 4 is 28.6 Å². The van der Waals surface area contributed by atoms with Gasteiger partial charge in [-0.3, -0.25) is 20.3 Å². The molecule has 2 amide bonds. The van der Waals surface area contributed by atoms with Crippen molar-refractivity contribution in [1.82, 2.24) is 15.1 Å². The van der Waals surface area contributed by atoms with E-state index in [0.717, 1.165) is 5.56 Å². The summed E-state index contributed by atoms with van der Waals surface area (Å²) in [6.45, 7) is 5.42. The number of fused-ring (bicyclic) bond motifs is 2. The Morgan fingerprint density at radius 1 is 1.14 bits per heavy atom. The van der Waals surface area contributed by atoms with Crippen molar-refractivity contribution in [3.63, 3.8) is 0 Å². The highest BCUT2D eigenvalue weighted by Gasteiger charge is 2.38. The van der Waals surface area contributed by atoms with Crippen molar-refractivity contribution in [3.8, 4) is 5.75 Å². The number of amidine groups is 1. The van der Waals surface area contributed by atoms with Gasteiger partial charge in [0.2, 0.25) is 5.91 Å². The quantitative estimate of drug-likeness (QED) is 0.356. The molecule has 2 unspecified atom stereocenters. The summed E-state index contributed by atoms with van der Waals surface area (Å²) in [6.07, 6.45) is -1.23. The standard InChI is InChI=1S/C26H29N5O5/c1-26(2,3)36-25(34)29-23(28)22-17(16-9-6-7-11-20(16)35-22)12-13-31-24(33)18-10-5-4-8-15(18)19(30-31)14-21(27)32/h4-11,17,22H,12-14H2,1-3H3,(H2,27,32)(H2,28,29,34). The van der Waals surface area contributed by atoms with Gasteiger partial charge in [0, 0.05) is 23.4 Å². The van der Waals surface area contributed by atoms with Crippen LogP contribution in [0, 0.1) is 5.41 Å². The molecule has 2 heterocycles. The maximum absolute atomic E-state index is 13.1. The Morgan fingerprint density at radius 3 is 2.50 bits per heavy atom. The third-order valence-electron chi connectivity index (χ3n) is 5.80. The van der Waals surface area contributed by atoms with Gasteiger partial charge >= 0.3 is 6.09 Å². The fraction of sp³-hybridized carbons (Fsp3) is 0.346. The lowest BCUT2D eigenvalue weighted by molar-refractivity contribution is -0.117. The average molecular weight is 492 g/mol. The summed E-state index contributed by atoms with van der Waals surface area (Å²) in [6, 6.07) is 14.4. The van der Waals surface area contributed by atoms with Crippen LogP contribution in [0.2, 0.25) is 0 Å². The molecule has 1 aliphatic rings. The number of primary amides is 1. The Hall–Kier alpha value is -4.21. The monoisotopic (exact) mass is 491 g/mol. The first kappa shape index (κ1) is 24.9. The summed E-state index contributed by atoms with van der Waals surface area (Å²) < 4.78 is 12.6. The first-order chi connectivity index (χ1) is 17.0. The Labute approximate surface area is 207 Å². The number of nitrogens with one attached hydrogen (secondary N) is 2. The van der Waals surface area contributed by atoms with Crippen molar-refractivity contribution in [2.75, 3.05) is 0 Å². The van der Waals surface area contributed by atoms with Crippen LogP contribution < -0.4 is 21.3 Å². The van der Waals surface area contributed by atoms with Crippen molar-refractivity contribution in [3.05, 3.63) is 70.1 Å². The fourth-order valence-corrected chi connectivity index (χ4v) is 4.34. The molecular formula is C26H29N5O5. The van der Waals surface area contributed by atoms with Crippen LogP contribution >= 0.6 is 0 Å². The number of rotatable bonds is 6. The lowest BCUT2D eigenvalue weighted by Gasteiger charge is -2.23. The second kappa shape index (κ2) is 9.80. The van der Waals surface area contributed by atoms with Crippen molar-refractivity contribution in [2.45, 2.75) is 57.8 Å². The third kappa shape index (κ3) is 5.37. The molecule has 3 aromatic rings. The van der Waals surface area contributed by atoms with Gasteiger partial charge in [0.05, 0.1) is 17.5 Å². The summed E-state index contributed by atoms with van der Waals surface area (Å²) in [4.78, 5) is 37.0. The molecule has 10 nitrogen and oxygen atoms in total. The minimum absolute atomic E-state index is 0.0940. The van der Waals surface area contributed by atoms with Crippen LogP contribution in [-0.4, -0.2) is 39.3 Å². The molecule has 2 aromatic carbocycles. The first-order valence-corrected chi connectivity index (χ1v) is 11.6. The minimum Gasteiger partial charge on any atom is -0.482 e. The van der Waals surface area contributed by atoms with Gasteiger partial charge in [-0.05, 0) is 39.3 Å². The van der Waals surface area contributed by atoms with Crippen LogP contribution in [0.1, 0.15) is 44.4 Å². The summed E-state index contributed by atoms with van der Waals surface area (Å²) in [5, 5.41) is 16.4. The van der Waals surface area contributed by atoms with Crippen molar-refractivity contribution < 1.29 is 19.1 Å². The number of hydrogen-bond donors (Lipinski definition) is 3. The number of para-hydroxylation sites is 1. The van der Waals surface area contributed by atoms with Gasteiger partial charge in [-0.1, -0.05) is 36.4 Å². The van der Waals surface area contributed by atoms with Gasteiger partial charge in [-0.15, -0.1) is 0 Å². The zero-order valence-corrected chi connectivity index (χ0v) is 20.4. The van der Waals surface area contributed by atoms with E-state index in [1.807, 2.05) is 18.2 Å². The molecule has 0 spiro atoms. The molecule has 2 atom stereocenters. The van der Waals surface area contributed by atoms with Crippen LogP contribution in [0.3, 0.4) is 0 Å². The van der Waals surface area contributed by atoms with Gasteiger partial charge in [0.1, 0.15) is 17.2 Å². The zero-order valence-electron chi connectivity index (χ0n) is 20.4.